The Labute approximate surface area is 161 Å². The van der Waals surface area contributed by atoms with Crippen molar-refractivity contribution in [1.82, 2.24) is 9.97 Å². The summed E-state index contributed by atoms with van der Waals surface area (Å²) in [4.78, 5) is 20.3. The highest BCUT2D eigenvalue weighted by molar-refractivity contribution is 6.34. The molecule has 7 heteroatoms. The van der Waals surface area contributed by atoms with Crippen LogP contribution in [0, 0.1) is 12.7 Å². The van der Waals surface area contributed by atoms with Gasteiger partial charge in [0.2, 0.25) is 5.95 Å². The van der Waals surface area contributed by atoms with Crippen LogP contribution in [0.3, 0.4) is 0 Å². The number of aryl methyl sites for hydroxylation is 1. The Hall–Kier alpha value is -2.73. The first-order valence-corrected chi connectivity index (χ1v) is 8.99. The van der Waals surface area contributed by atoms with Crippen LogP contribution in [0.2, 0.25) is 5.02 Å². The molecule has 2 aromatic carbocycles. The zero-order chi connectivity index (χ0) is 19.4. The molecule has 3 rings (SSSR count). The highest BCUT2D eigenvalue weighted by Gasteiger charge is 2.13. The van der Waals surface area contributed by atoms with Gasteiger partial charge in [0, 0.05) is 28.1 Å². The standard InChI is InChI=1S/C20H19ClFN3O2/c1-3-27-19(26)8-9-23-20-24-12(2)14-10-16(21)15(11-18(14)25-20)13-6-4-5-7-17(13)22/h4-7,10-11H,3,8-9H2,1-2H3,(H,23,24,25). The first-order chi connectivity index (χ1) is 13.0. The fourth-order valence-electron chi connectivity index (χ4n) is 2.78. The maximum Gasteiger partial charge on any atom is 0.307 e. The largest absolute Gasteiger partial charge is 0.466 e. The molecule has 0 bridgehead atoms. The second-order valence-corrected chi connectivity index (χ2v) is 6.35. The molecule has 140 valence electrons. The maximum absolute atomic E-state index is 14.2. The summed E-state index contributed by atoms with van der Waals surface area (Å²) in [6, 6.07) is 9.95. The summed E-state index contributed by atoms with van der Waals surface area (Å²) in [7, 11) is 0. The molecule has 0 saturated heterocycles. The number of carbonyl (C=O) groups excluding carboxylic acids is 1. The Morgan fingerprint density at radius 3 is 2.74 bits per heavy atom. The molecule has 0 amide bonds. The fourth-order valence-corrected chi connectivity index (χ4v) is 3.04. The third-order valence-electron chi connectivity index (χ3n) is 4.06. The van der Waals surface area contributed by atoms with Crippen LogP contribution in [0.15, 0.2) is 36.4 Å². The molecule has 0 spiro atoms. The van der Waals surface area contributed by atoms with E-state index in [-0.39, 0.29) is 18.2 Å². The van der Waals surface area contributed by atoms with Gasteiger partial charge in [-0.25, -0.2) is 14.4 Å². The van der Waals surface area contributed by atoms with Crippen molar-refractivity contribution < 1.29 is 13.9 Å². The topological polar surface area (TPSA) is 64.1 Å². The molecule has 1 N–H and O–H groups in total. The van der Waals surface area contributed by atoms with Gasteiger partial charge in [-0.3, -0.25) is 4.79 Å². The van der Waals surface area contributed by atoms with Gasteiger partial charge < -0.3 is 10.1 Å². The van der Waals surface area contributed by atoms with Crippen LogP contribution in [0.5, 0.6) is 0 Å². The number of nitrogens with one attached hydrogen (secondary N) is 1. The number of rotatable bonds is 6. The van der Waals surface area contributed by atoms with E-state index in [1.807, 2.05) is 6.92 Å². The highest BCUT2D eigenvalue weighted by Crippen LogP contribution is 2.34. The van der Waals surface area contributed by atoms with Crippen molar-refractivity contribution >= 4 is 34.4 Å². The van der Waals surface area contributed by atoms with E-state index in [1.54, 1.807) is 37.3 Å². The maximum atomic E-state index is 14.2. The minimum absolute atomic E-state index is 0.218. The van der Waals surface area contributed by atoms with E-state index in [1.165, 1.54) is 6.07 Å². The van der Waals surface area contributed by atoms with Crippen molar-refractivity contribution in [3.63, 3.8) is 0 Å². The van der Waals surface area contributed by atoms with Crippen molar-refractivity contribution in [2.45, 2.75) is 20.3 Å². The predicted molar refractivity (Wildman–Crippen MR) is 104 cm³/mol. The lowest BCUT2D eigenvalue weighted by atomic mass is 10.0. The number of anilines is 1. The first-order valence-electron chi connectivity index (χ1n) is 8.62. The number of benzene rings is 2. The molecule has 27 heavy (non-hydrogen) atoms. The van der Waals surface area contributed by atoms with Crippen molar-refractivity contribution in [3.05, 3.63) is 52.9 Å². The summed E-state index contributed by atoms with van der Waals surface area (Å²) in [5, 5.41) is 4.24. The molecule has 0 aliphatic carbocycles. The average molecular weight is 388 g/mol. The van der Waals surface area contributed by atoms with E-state index >= 15 is 0 Å². The summed E-state index contributed by atoms with van der Waals surface area (Å²) in [5.74, 6) is -0.237. The van der Waals surface area contributed by atoms with Gasteiger partial charge >= 0.3 is 5.97 Å². The molecule has 0 fully saturated rings. The smallest absolute Gasteiger partial charge is 0.307 e. The lowest BCUT2D eigenvalue weighted by Crippen LogP contribution is -2.13. The van der Waals surface area contributed by atoms with Crippen molar-refractivity contribution in [2.24, 2.45) is 0 Å². The zero-order valence-corrected chi connectivity index (χ0v) is 15.8. The van der Waals surface area contributed by atoms with Crippen LogP contribution in [0.4, 0.5) is 10.3 Å². The van der Waals surface area contributed by atoms with E-state index in [9.17, 15) is 9.18 Å². The number of ether oxygens (including phenoxy) is 1. The van der Waals surface area contributed by atoms with E-state index in [0.29, 0.717) is 40.8 Å². The molecule has 0 unspecified atom stereocenters. The molecule has 0 aliphatic heterocycles. The number of nitrogens with zero attached hydrogens (tertiary/aromatic N) is 2. The molecule has 0 saturated carbocycles. The number of hydrogen-bond donors (Lipinski definition) is 1. The molecular formula is C20H19ClFN3O2. The van der Waals surface area contributed by atoms with E-state index < -0.39 is 0 Å². The van der Waals surface area contributed by atoms with Gasteiger partial charge in [-0.2, -0.15) is 0 Å². The average Bonchev–Trinajstić information content (AvgIpc) is 2.63. The van der Waals surface area contributed by atoms with Gasteiger partial charge in [-0.1, -0.05) is 29.8 Å². The van der Waals surface area contributed by atoms with Crippen LogP contribution in [-0.2, 0) is 9.53 Å². The SMILES string of the molecule is CCOC(=O)CCNc1nc(C)c2cc(Cl)c(-c3ccccc3F)cc2n1. The molecule has 3 aromatic rings. The quantitative estimate of drug-likeness (QED) is 0.617. The lowest BCUT2D eigenvalue weighted by molar-refractivity contribution is -0.142. The Kier molecular flexibility index (Phi) is 5.86. The normalized spacial score (nSPS) is 10.8. The van der Waals surface area contributed by atoms with Crippen molar-refractivity contribution in [2.75, 3.05) is 18.5 Å². The highest BCUT2D eigenvalue weighted by atomic mass is 35.5. The Morgan fingerprint density at radius 2 is 2.00 bits per heavy atom. The van der Waals surface area contributed by atoms with E-state index in [4.69, 9.17) is 16.3 Å². The van der Waals surface area contributed by atoms with Crippen LogP contribution in [0.1, 0.15) is 19.0 Å². The van der Waals surface area contributed by atoms with Gasteiger partial charge in [0.1, 0.15) is 5.82 Å². The summed E-state index contributed by atoms with van der Waals surface area (Å²) in [5.41, 5.74) is 2.36. The molecule has 5 nitrogen and oxygen atoms in total. The Balaban J connectivity index is 1.92. The Morgan fingerprint density at radius 1 is 1.22 bits per heavy atom. The third kappa shape index (κ3) is 4.34. The summed E-state index contributed by atoms with van der Waals surface area (Å²) in [6.07, 6.45) is 0.218. The number of fused-ring (bicyclic) bond motifs is 1. The van der Waals surface area contributed by atoms with Crippen molar-refractivity contribution in [3.8, 4) is 11.1 Å². The second-order valence-electron chi connectivity index (χ2n) is 5.94. The molecule has 1 heterocycles. The molecule has 1 aromatic heterocycles. The van der Waals surface area contributed by atoms with Gasteiger partial charge in [0.15, 0.2) is 0 Å². The number of hydrogen-bond acceptors (Lipinski definition) is 5. The molecule has 0 aliphatic rings. The molecule has 0 radical (unpaired) electrons. The van der Waals surface area contributed by atoms with Gasteiger partial charge in [-0.05, 0) is 32.0 Å². The van der Waals surface area contributed by atoms with Crippen LogP contribution in [-0.4, -0.2) is 29.1 Å². The first kappa shape index (κ1) is 19.0. The minimum Gasteiger partial charge on any atom is -0.466 e. The fraction of sp³-hybridized carbons (Fsp3) is 0.250. The van der Waals surface area contributed by atoms with Crippen LogP contribution >= 0.6 is 11.6 Å². The molecular weight excluding hydrogens is 369 g/mol. The van der Waals surface area contributed by atoms with Gasteiger partial charge in [-0.15, -0.1) is 0 Å². The monoisotopic (exact) mass is 387 g/mol. The van der Waals surface area contributed by atoms with Crippen molar-refractivity contribution in [1.29, 1.82) is 0 Å². The van der Waals surface area contributed by atoms with Gasteiger partial charge in [0.05, 0.1) is 24.2 Å². The summed E-state index contributed by atoms with van der Waals surface area (Å²) < 4.78 is 19.1. The van der Waals surface area contributed by atoms with Gasteiger partial charge in [0.25, 0.3) is 0 Å². The summed E-state index contributed by atoms with van der Waals surface area (Å²) in [6.45, 7) is 4.32. The predicted octanol–water partition coefficient (Wildman–Crippen LogP) is 4.76. The third-order valence-corrected chi connectivity index (χ3v) is 4.37. The lowest BCUT2D eigenvalue weighted by Gasteiger charge is -2.11. The van der Waals surface area contributed by atoms with E-state index in [2.05, 4.69) is 15.3 Å². The number of halogens is 2. The van der Waals surface area contributed by atoms with E-state index in [0.717, 1.165) is 11.1 Å². The zero-order valence-electron chi connectivity index (χ0n) is 15.1. The van der Waals surface area contributed by atoms with Crippen LogP contribution < -0.4 is 5.32 Å². The minimum atomic E-state index is -0.350. The number of aromatic nitrogens is 2. The molecule has 0 atom stereocenters. The second kappa shape index (κ2) is 8.31. The Bertz CT molecular complexity index is 994. The number of carbonyl (C=O) groups is 1. The summed E-state index contributed by atoms with van der Waals surface area (Å²) >= 11 is 6.38. The number of esters is 1. The van der Waals surface area contributed by atoms with Crippen LogP contribution in [0.25, 0.3) is 22.0 Å².